The number of benzene rings is 2. The van der Waals surface area contributed by atoms with Gasteiger partial charge in [-0.15, -0.1) is 11.3 Å². The zero-order valence-corrected chi connectivity index (χ0v) is 12.6. The van der Waals surface area contributed by atoms with Gasteiger partial charge in [0.2, 0.25) is 0 Å². The molecule has 0 unspecified atom stereocenters. The van der Waals surface area contributed by atoms with Crippen molar-refractivity contribution < 1.29 is 9.90 Å². The van der Waals surface area contributed by atoms with E-state index in [2.05, 4.69) is 40.6 Å². The van der Waals surface area contributed by atoms with Gasteiger partial charge >= 0.3 is 6.09 Å². The fourth-order valence-corrected chi connectivity index (χ4v) is 3.90. The summed E-state index contributed by atoms with van der Waals surface area (Å²) in [7, 11) is 0. The van der Waals surface area contributed by atoms with E-state index in [0.29, 0.717) is 6.54 Å². The first-order valence-corrected chi connectivity index (χ1v) is 7.92. The Kier molecular flexibility index (Phi) is 4.08. The van der Waals surface area contributed by atoms with E-state index in [1.54, 1.807) is 18.0 Å². The molecule has 1 heterocycles. The summed E-state index contributed by atoms with van der Waals surface area (Å²) in [6, 6.07) is 14.5. The number of thiazole rings is 1. The second-order valence-electron chi connectivity index (χ2n) is 4.36. The molecule has 1 aromatic heterocycles. The Bertz CT molecular complexity index is 786. The maximum absolute atomic E-state index is 10.5. The van der Waals surface area contributed by atoms with Gasteiger partial charge in [0, 0.05) is 16.0 Å². The average Bonchev–Trinajstić information content (AvgIpc) is 2.92. The summed E-state index contributed by atoms with van der Waals surface area (Å²) in [6.07, 6.45) is 0.691. The quantitative estimate of drug-likeness (QED) is 0.756. The molecule has 0 aliphatic carbocycles. The number of nitrogens with one attached hydrogen (secondary N) is 1. The van der Waals surface area contributed by atoms with E-state index in [1.165, 1.54) is 22.1 Å². The molecule has 0 bridgehead atoms. The summed E-state index contributed by atoms with van der Waals surface area (Å²) < 4.78 is 0.910. The molecule has 0 atom stereocenters. The minimum Gasteiger partial charge on any atom is -0.465 e. The third-order valence-electron chi connectivity index (χ3n) is 2.87. The normalized spacial score (nSPS) is 10.7. The molecule has 6 heteroatoms. The van der Waals surface area contributed by atoms with Crippen molar-refractivity contribution in [1.29, 1.82) is 0 Å². The van der Waals surface area contributed by atoms with Gasteiger partial charge in [-0.25, -0.2) is 9.78 Å². The summed E-state index contributed by atoms with van der Waals surface area (Å²) in [4.78, 5) is 16.8. The summed E-state index contributed by atoms with van der Waals surface area (Å²) >= 11 is 3.09. The van der Waals surface area contributed by atoms with Crippen LogP contribution in [0.15, 0.2) is 57.9 Å². The number of amides is 1. The number of carbonyl (C=O) groups is 1. The van der Waals surface area contributed by atoms with Crippen molar-refractivity contribution in [3.8, 4) is 0 Å². The first-order chi connectivity index (χ1) is 10.2. The monoisotopic (exact) mass is 316 g/mol. The number of nitrogens with zero attached hydrogens (tertiary/aromatic N) is 1. The fourth-order valence-electron chi connectivity index (χ4n) is 1.91. The van der Waals surface area contributed by atoms with Crippen molar-refractivity contribution in [2.45, 2.75) is 15.8 Å². The Morgan fingerprint density at radius 1 is 1.24 bits per heavy atom. The highest BCUT2D eigenvalue weighted by atomic mass is 32.2. The molecular weight excluding hydrogens is 304 g/mol. The Hall–Kier alpha value is -2.05. The first kappa shape index (κ1) is 13.9. The minimum atomic E-state index is -1.02. The van der Waals surface area contributed by atoms with Gasteiger partial charge in [-0.3, -0.25) is 0 Å². The van der Waals surface area contributed by atoms with Crippen LogP contribution in [0.25, 0.3) is 10.8 Å². The Labute approximate surface area is 129 Å². The van der Waals surface area contributed by atoms with Crippen LogP contribution in [0.1, 0.15) is 4.88 Å². The molecule has 4 nitrogen and oxygen atoms in total. The molecule has 0 aliphatic heterocycles. The standard InChI is InChI=1S/C15H12N2O2S2/c18-14(19)16-8-13-9-17-15(21-13)20-12-6-5-10-3-1-2-4-11(10)7-12/h1-7,9,16H,8H2,(H,18,19). The van der Waals surface area contributed by atoms with Gasteiger partial charge in [0.05, 0.1) is 6.54 Å². The van der Waals surface area contributed by atoms with E-state index in [4.69, 9.17) is 5.11 Å². The second-order valence-corrected chi connectivity index (χ2v) is 6.80. The fraction of sp³-hybridized carbons (Fsp3) is 0.0667. The second kappa shape index (κ2) is 6.15. The van der Waals surface area contributed by atoms with Crippen molar-refractivity contribution in [2.24, 2.45) is 0 Å². The maximum atomic E-state index is 10.5. The van der Waals surface area contributed by atoms with Crippen LogP contribution in [0.3, 0.4) is 0 Å². The van der Waals surface area contributed by atoms with Crippen LogP contribution in [0.4, 0.5) is 4.79 Å². The van der Waals surface area contributed by atoms with Crippen molar-refractivity contribution >= 4 is 40.0 Å². The van der Waals surface area contributed by atoms with Crippen LogP contribution >= 0.6 is 23.1 Å². The molecular formula is C15H12N2O2S2. The topological polar surface area (TPSA) is 62.2 Å². The molecule has 1 amide bonds. The minimum absolute atomic E-state index is 0.297. The largest absolute Gasteiger partial charge is 0.465 e. The zero-order chi connectivity index (χ0) is 14.7. The molecule has 0 saturated heterocycles. The number of aromatic nitrogens is 1. The lowest BCUT2D eigenvalue weighted by Gasteiger charge is -2.01. The molecule has 2 aromatic carbocycles. The van der Waals surface area contributed by atoms with Gasteiger partial charge in [-0.05, 0) is 22.9 Å². The number of carboxylic acid groups (broad SMARTS) is 1. The van der Waals surface area contributed by atoms with Crippen LogP contribution in [-0.2, 0) is 6.54 Å². The Morgan fingerprint density at radius 2 is 2.05 bits per heavy atom. The van der Waals surface area contributed by atoms with E-state index in [1.807, 2.05) is 12.1 Å². The number of hydrogen-bond donors (Lipinski definition) is 2. The lowest BCUT2D eigenvalue weighted by molar-refractivity contribution is 0.194. The molecule has 0 saturated carbocycles. The van der Waals surface area contributed by atoms with Crippen LogP contribution < -0.4 is 5.32 Å². The van der Waals surface area contributed by atoms with Crippen LogP contribution in [0, 0.1) is 0 Å². The smallest absolute Gasteiger partial charge is 0.404 e. The van der Waals surface area contributed by atoms with Crippen molar-refractivity contribution in [1.82, 2.24) is 10.3 Å². The highest BCUT2D eigenvalue weighted by molar-refractivity contribution is 8.01. The Morgan fingerprint density at radius 3 is 2.86 bits per heavy atom. The predicted octanol–water partition coefficient (Wildman–Crippen LogP) is 4.22. The number of hydrogen-bond acceptors (Lipinski definition) is 4. The molecule has 21 heavy (non-hydrogen) atoms. The van der Waals surface area contributed by atoms with Gasteiger partial charge in [-0.2, -0.15) is 0 Å². The lowest BCUT2D eigenvalue weighted by Crippen LogP contribution is -2.19. The molecule has 3 rings (SSSR count). The van der Waals surface area contributed by atoms with Crippen LogP contribution in [-0.4, -0.2) is 16.2 Å². The van der Waals surface area contributed by atoms with Crippen molar-refractivity contribution in [3.05, 3.63) is 53.5 Å². The van der Waals surface area contributed by atoms with E-state index in [-0.39, 0.29) is 0 Å². The average molecular weight is 316 g/mol. The molecule has 3 aromatic rings. The van der Waals surface area contributed by atoms with Crippen LogP contribution in [0.5, 0.6) is 0 Å². The molecule has 0 radical (unpaired) electrons. The van der Waals surface area contributed by atoms with Gasteiger partial charge in [0.25, 0.3) is 0 Å². The van der Waals surface area contributed by atoms with E-state index in [0.717, 1.165) is 14.1 Å². The lowest BCUT2D eigenvalue weighted by atomic mass is 10.1. The SMILES string of the molecule is O=C(O)NCc1cnc(Sc2ccc3ccccc3c2)s1. The maximum Gasteiger partial charge on any atom is 0.404 e. The predicted molar refractivity (Wildman–Crippen MR) is 85.0 cm³/mol. The van der Waals surface area contributed by atoms with E-state index < -0.39 is 6.09 Å². The van der Waals surface area contributed by atoms with Crippen LogP contribution in [0.2, 0.25) is 0 Å². The highest BCUT2D eigenvalue weighted by Crippen LogP contribution is 2.32. The third-order valence-corrected chi connectivity index (χ3v) is 4.93. The molecule has 106 valence electrons. The molecule has 0 fully saturated rings. The first-order valence-electron chi connectivity index (χ1n) is 6.29. The summed E-state index contributed by atoms with van der Waals surface area (Å²) in [6.45, 7) is 0.297. The summed E-state index contributed by atoms with van der Waals surface area (Å²) in [5.74, 6) is 0. The van der Waals surface area contributed by atoms with Crippen molar-refractivity contribution in [2.75, 3.05) is 0 Å². The molecule has 0 spiro atoms. The molecule has 0 aliphatic rings. The van der Waals surface area contributed by atoms with Gasteiger partial charge in [-0.1, -0.05) is 42.1 Å². The van der Waals surface area contributed by atoms with E-state index >= 15 is 0 Å². The molecule has 2 N–H and O–H groups in total. The number of fused-ring (bicyclic) bond motifs is 1. The van der Waals surface area contributed by atoms with E-state index in [9.17, 15) is 4.79 Å². The summed E-state index contributed by atoms with van der Waals surface area (Å²) in [5, 5.41) is 13.3. The number of rotatable bonds is 4. The van der Waals surface area contributed by atoms with Gasteiger partial charge < -0.3 is 10.4 Å². The zero-order valence-electron chi connectivity index (χ0n) is 10.9. The third kappa shape index (κ3) is 3.53. The van der Waals surface area contributed by atoms with Gasteiger partial charge in [0.15, 0.2) is 4.34 Å². The van der Waals surface area contributed by atoms with Crippen molar-refractivity contribution in [3.63, 3.8) is 0 Å². The van der Waals surface area contributed by atoms with Gasteiger partial charge in [0.1, 0.15) is 0 Å². The Balaban J connectivity index is 1.74. The highest BCUT2D eigenvalue weighted by Gasteiger charge is 2.06. The summed E-state index contributed by atoms with van der Waals surface area (Å²) in [5.41, 5.74) is 0.